The summed E-state index contributed by atoms with van der Waals surface area (Å²) in [6.07, 6.45) is 0.589. The van der Waals surface area contributed by atoms with Crippen molar-refractivity contribution in [3.63, 3.8) is 0 Å². The fraction of sp³-hybridized carbons (Fsp3) is 0.304. The van der Waals surface area contributed by atoms with Gasteiger partial charge in [0, 0.05) is 17.1 Å². The number of fused-ring (bicyclic) bond motifs is 2. The van der Waals surface area contributed by atoms with Crippen molar-refractivity contribution in [1.82, 2.24) is 9.80 Å². The van der Waals surface area contributed by atoms with Gasteiger partial charge < -0.3 is 19.2 Å². The number of carbonyl (C=O) groups excluding carboxylic acids is 1. The molecular formula is C23H22BrClN2O5. The summed E-state index contributed by atoms with van der Waals surface area (Å²) < 4.78 is 11.7. The highest BCUT2D eigenvalue weighted by atomic mass is 79.9. The van der Waals surface area contributed by atoms with Gasteiger partial charge in [-0.3, -0.25) is 14.5 Å². The van der Waals surface area contributed by atoms with Crippen LogP contribution in [-0.4, -0.2) is 55.1 Å². The Balaban J connectivity index is 1.96. The van der Waals surface area contributed by atoms with Crippen molar-refractivity contribution in [3.05, 3.63) is 73.0 Å². The summed E-state index contributed by atoms with van der Waals surface area (Å²) in [6.45, 7) is 0.916. The first-order chi connectivity index (χ1) is 15.2. The molecule has 1 aromatic heterocycles. The summed E-state index contributed by atoms with van der Waals surface area (Å²) in [7, 11) is 5.38. The van der Waals surface area contributed by atoms with Crippen LogP contribution in [0.2, 0.25) is 5.02 Å². The molecule has 1 unspecified atom stereocenters. The van der Waals surface area contributed by atoms with Gasteiger partial charge in [-0.25, -0.2) is 0 Å². The van der Waals surface area contributed by atoms with E-state index in [2.05, 4.69) is 15.9 Å². The lowest BCUT2D eigenvalue weighted by atomic mass is 9.94. The fourth-order valence-corrected chi connectivity index (χ4v) is 4.74. The van der Waals surface area contributed by atoms with Gasteiger partial charge in [0.2, 0.25) is 16.9 Å². The van der Waals surface area contributed by atoms with Crippen LogP contribution >= 0.6 is 27.5 Å². The van der Waals surface area contributed by atoms with E-state index in [-0.39, 0.29) is 28.8 Å². The van der Waals surface area contributed by atoms with E-state index in [0.717, 1.165) is 0 Å². The Morgan fingerprint density at radius 1 is 1.22 bits per heavy atom. The third-order valence-corrected chi connectivity index (χ3v) is 6.43. The number of benzene rings is 2. The number of methoxy groups -OCH3 is 1. The van der Waals surface area contributed by atoms with Crippen molar-refractivity contribution in [2.75, 3.05) is 34.3 Å². The molecule has 0 saturated carbocycles. The summed E-state index contributed by atoms with van der Waals surface area (Å²) in [5.41, 5.74) is -2.04. The van der Waals surface area contributed by atoms with Crippen molar-refractivity contribution in [1.29, 1.82) is 0 Å². The highest BCUT2D eigenvalue weighted by molar-refractivity contribution is 9.10. The maximum absolute atomic E-state index is 13.5. The zero-order valence-electron chi connectivity index (χ0n) is 17.8. The fourth-order valence-electron chi connectivity index (χ4n) is 4.03. The van der Waals surface area contributed by atoms with E-state index in [1.54, 1.807) is 30.3 Å². The van der Waals surface area contributed by atoms with Gasteiger partial charge in [-0.15, -0.1) is 0 Å². The predicted molar refractivity (Wildman–Crippen MR) is 125 cm³/mol. The van der Waals surface area contributed by atoms with E-state index in [0.29, 0.717) is 33.8 Å². The molecule has 1 aliphatic heterocycles. The monoisotopic (exact) mass is 520 g/mol. The molecular weight excluding hydrogens is 500 g/mol. The Hall–Kier alpha value is -2.39. The summed E-state index contributed by atoms with van der Waals surface area (Å²) in [5.74, 6) is -0.148. The maximum Gasteiger partial charge on any atom is 0.293 e. The quantitative estimate of drug-likeness (QED) is 0.531. The van der Waals surface area contributed by atoms with E-state index in [1.165, 1.54) is 18.1 Å². The van der Waals surface area contributed by atoms with Crippen molar-refractivity contribution in [2.24, 2.45) is 0 Å². The van der Waals surface area contributed by atoms with Crippen LogP contribution in [0.1, 0.15) is 28.1 Å². The average Bonchev–Trinajstić information content (AvgIpc) is 2.96. The lowest BCUT2D eigenvalue weighted by Crippen LogP contribution is -2.47. The molecule has 2 aromatic carbocycles. The highest BCUT2D eigenvalue weighted by Gasteiger charge is 2.54. The number of halogens is 2. The van der Waals surface area contributed by atoms with Crippen molar-refractivity contribution >= 4 is 44.4 Å². The van der Waals surface area contributed by atoms with Gasteiger partial charge >= 0.3 is 0 Å². The smallest absolute Gasteiger partial charge is 0.293 e. The van der Waals surface area contributed by atoms with Crippen LogP contribution in [-0.2, 0) is 5.72 Å². The van der Waals surface area contributed by atoms with Gasteiger partial charge in [-0.2, -0.15) is 0 Å². The summed E-state index contributed by atoms with van der Waals surface area (Å²) in [4.78, 5) is 30.2. The second-order valence-electron chi connectivity index (χ2n) is 7.91. The SMILES string of the molecule is COc1ccc(C2(O)c3c(oc4ccc(Cl)cc4c3=O)C(=O)N2CCCN(C)C)cc1Br. The molecule has 1 aliphatic rings. The highest BCUT2D eigenvalue weighted by Crippen LogP contribution is 2.43. The number of hydrogen-bond donors (Lipinski definition) is 1. The number of amides is 1. The maximum atomic E-state index is 13.5. The topological polar surface area (TPSA) is 83.2 Å². The van der Waals surface area contributed by atoms with E-state index < -0.39 is 17.1 Å². The van der Waals surface area contributed by atoms with Gasteiger partial charge in [0.15, 0.2) is 0 Å². The van der Waals surface area contributed by atoms with Gasteiger partial charge in [0.25, 0.3) is 5.91 Å². The van der Waals surface area contributed by atoms with Gasteiger partial charge in [-0.1, -0.05) is 17.7 Å². The van der Waals surface area contributed by atoms with Gasteiger partial charge in [0.1, 0.15) is 16.9 Å². The molecule has 0 bridgehead atoms. The minimum absolute atomic E-state index is 0.112. The lowest BCUT2D eigenvalue weighted by molar-refractivity contribution is -0.0513. The molecule has 1 atom stereocenters. The van der Waals surface area contributed by atoms with Crippen LogP contribution in [0.15, 0.2) is 50.1 Å². The van der Waals surface area contributed by atoms with E-state index in [1.807, 2.05) is 19.0 Å². The number of rotatable bonds is 6. The third kappa shape index (κ3) is 3.61. The molecule has 7 nitrogen and oxygen atoms in total. The zero-order chi connectivity index (χ0) is 23.2. The molecule has 168 valence electrons. The van der Waals surface area contributed by atoms with Crippen molar-refractivity contribution < 1.29 is 19.1 Å². The summed E-state index contributed by atoms with van der Waals surface area (Å²) >= 11 is 9.52. The molecule has 0 radical (unpaired) electrons. The minimum atomic E-state index is -2.01. The predicted octanol–water partition coefficient (Wildman–Crippen LogP) is 3.82. The second-order valence-corrected chi connectivity index (χ2v) is 9.20. The Morgan fingerprint density at radius 2 is 1.97 bits per heavy atom. The Labute approximate surface area is 198 Å². The molecule has 32 heavy (non-hydrogen) atoms. The number of ether oxygens (including phenoxy) is 1. The minimum Gasteiger partial charge on any atom is -0.496 e. The molecule has 9 heteroatoms. The molecule has 1 N–H and O–H groups in total. The zero-order valence-corrected chi connectivity index (χ0v) is 20.2. The first kappa shape index (κ1) is 22.8. The second kappa shape index (κ2) is 8.51. The lowest BCUT2D eigenvalue weighted by Gasteiger charge is -2.34. The molecule has 0 spiro atoms. The van der Waals surface area contributed by atoms with Crippen LogP contribution in [0.5, 0.6) is 5.75 Å². The summed E-state index contributed by atoms with van der Waals surface area (Å²) in [5, 5.41) is 12.6. The van der Waals surface area contributed by atoms with E-state index >= 15 is 0 Å². The number of carbonyl (C=O) groups is 1. The van der Waals surface area contributed by atoms with Crippen molar-refractivity contribution in [2.45, 2.75) is 12.1 Å². The first-order valence-electron chi connectivity index (χ1n) is 9.98. The average molecular weight is 522 g/mol. The normalized spacial score (nSPS) is 18.0. The van der Waals surface area contributed by atoms with Gasteiger partial charge in [-0.05, 0) is 73.3 Å². The molecule has 2 heterocycles. The first-order valence-corrected chi connectivity index (χ1v) is 11.2. The Morgan fingerprint density at radius 3 is 2.62 bits per heavy atom. The van der Waals surface area contributed by atoms with Crippen LogP contribution in [0.4, 0.5) is 0 Å². The summed E-state index contributed by atoms with van der Waals surface area (Å²) in [6, 6.07) is 9.54. The number of hydrogen-bond acceptors (Lipinski definition) is 6. The molecule has 0 fully saturated rings. The number of nitrogens with zero attached hydrogens (tertiary/aromatic N) is 2. The Bertz CT molecular complexity index is 1280. The van der Waals surface area contributed by atoms with Crippen molar-refractivity contribution in [3.8, 4) is 5.75 Å². The largest absolute Gasteiger partial charge is 0.496 e. The van der Waals surface area contributed by atoms with E-state index in [9.17, 15) is 14.7 Å². The molecule has 0 aliphatic carbocycles. The van der Waals surface area contributed by atoms with Crippen LogP contribution in [0.25, 0.3) is 11.0 Å². The van der Waals surface area contributed by atoms with E-state index in [4.69, 9.17) is 20.8 Å². The third-order valence-electron chi connectivity index (χ3n) is 5.57. The van der Waals surface area contributed by atoms with Crippen LogP contribution < -0.4 is 10.2 Å². The molecule has 4 rings (SSSR count). The Kier molecular flexibility index (Phi) is 6.06. The van der Waals surface area contributed by atoms with Gasteiger partial charge in [0.05, 0.1) is 17.0 Å². The molecule has 0 saturated heterocycles. The number of aliphatic hydroxyl groups is 1. The van der Waals surface area contributed by atoms with Crippen LogP contribution in [0.3, 0.4) is 0 Å². The van der Waals surface area contributed by atoms with Crippen LogP contribution in [0, 0.1) is 0 Å². The standard InChI is InChI=1S/C23H22BrClN2O5/c1-26(2)9-4-10-27-22(29)21-19(20(28)15-12-14(25)6-8-17(15)32-21)23(27,30)13-5-7-18(31-3)16(24)11-13/h5-8,11-12,30H,4,9-10H2,1-3H3. The molecule has 3 aromatic rings. The molecule has 1 amide bonds.